The number of halogens is 3. The zero-order valence-corrected chi connectivity index (χ0v) is 17.7. The molecule has 0 spiro atoms. The quantitative estimate of drug-likeness (QED) is 0.409. The second-order valence-electron chi connectivity index (χ2n) is 8.17. The van der Waals surface area contributed by atoms with Gasteiger partial charge in [0, 0.05) is 6.42 Å². The number of hydrogen-bond acceptors (Lipinski definition) is 6. The lowest BCUT2D eigenvalue weighted by Crippen LogP contribution is -2.46. The zero-order valence-electron chi connectivity index (χ0n) is 17.7. The van der Waals surface area contributed by atoms with Crippen molar-refractivity contribution in [1.29, 1.82) is 0 Å². The molecule has 1 N–H and O–H groups in total. The molecule has 1 amide bonds. The molecule has 0 radical (unpaired) electrons. The Labute approximate surface area is 178 Å². The first-order chi connectivity index (χ1) is 14.3. The maximum absolute atomic E-state index is 12.8. The summed E-state index contributed by atoms with van der Waals surface area (Å²) in [6.07, 6.45) is -6.10. The van der Waals surface area contributed by atoms with Gasteiger partial charge in [-0.05, 0) is 51.8 Å². The highest BCUT2D eigenvalue weighted by atomic mass is 19.4. The number of cyclic esters (lactones) is 1. The fraction of sp³-hybridized carbons (Fsp3) is 0.571. The Bertz CT molecular complexity index is 801. The smallest absolute Gasteiger partial charge is 0.416 e. The van der Waals surface area contributed by atoms with Gasteiger partial charge in [0.25, 0.3) is 0 Å². The Morgan fingerprint density at radius 2 is 1.81 bits per heavy atom. The van der Waals surface area contributed by atoms with E-state index in [4.69, 9.17) is 14.2 Å². The van der Waals surface area contributed by atoms with Gasteiger partial charge in [-0.25, -0.2) is 4.79 Å². The number of amides is 1. The number of hydrogen-bond donors (Lipinski definition) is 1. The zero-order chi connectivity index (χ0) is 23.4. The van der Waals surface area contributed by atoms with Crippen LogP contribution in [-0.4, -0.2) is 42.4 Å². The van der Waals surface area contributed by atoms with Crippen molar-refractivity contribution in [2.75, 3.05) is 6.61 Å². The van der Waals surface area contributed by atoms with E-state index in [2.05, 4.69) is 5.32 Å². The molecule has 0 aromatic heterocycles. The van der Waals surface area contributed by atoms with Crippen LogP contribution in [0, 0.1) is 5.92 Å². The lowest BCUT2D eigenvalue weighted by molar-refractivity contribution is -0.156. The summed E-state index contributed by atoms with van der Waals surface area (Å²) in [5, 5.41) is 2.61. The second-order valence-corrected chi connectivity index (χ2v) is 8.17. The van der Waals surface area contributed by atoms with Gasteiger partial charge in [-0.3, -0.25) is 9.59 Å². The van der Waals surface area contributed by atoms with Crippen molar-refractivity contribution in [2.24, 2.45) is 5.92 Å². The van der Waals surface area contributed by atoms with Gasteiger partial charge in [0.1, 0.15) is 11.7 Å². The molecule has 0 unspecified atom stereocenters. The van der Waals surface area contributed by atoms with E-state index < -0.39 is 53.4 Å². The van der Waals surface area contributed by atoms with Crippen LogP contribution in [0.1, 0.15) is 45.2 Å². The molecule has 0 saturated carbocycles. The Balaban J connectivity index is 2.20. The predicted molar refractivity (Wildman–Crippen MR) is 103 cm³/mol. The van der Waals surface area contributed by atoms with Crippen LogP contribution in [0.4, 0.5) is 18.0 Å². The first kappa shape index (κ1) is 24.5. The second kappa shape index (κ2) is 9.57. The van der Waals surface area contributed by atoms with Crippen molar-refractivity contribution in [3.05, 3.63) is 35.4 Å². The number of alkyl carbamates (subject to hydrolysis) is 1. The Hall–Kier alpha value is -2.78. The molecule has 172 valence electrons. The van der Waals surface area contributed by atoms with Gasteiger partial charge in [0.15, 0.2) is 5.92 Å². The maximum Gasteiger partial charge on any atom is 0.416 e. The van der Waals surface area contributed by atoms with Gasteiger partial charge in [0.05, 0.1) is 18.2 Å². The van der Waals surface area contributed by atoms with E-state index in [1.54, 1.807) is 27.7 Å². The lowest BCUT2D eigenvalue weighted by atomic mass is 9.95. The standard InChI is InChI=1S/C21H26F3NO6/c1-5-29-17(26)14-11-16(30-18(14)27)15(25-19(28)31-20(2,3)4)10-12-6-8-13(9-7-12)21(22,23)24/h6-9,14-16H,5,10-11H2,1-4H3,(H,25,28)/t14-,15-,16-/m0/s1. The number of esters is 2. The Kier molecular flexibility index (Phi) is 7.56. The van der Waals surface area contributed by atoms with Gasteiger partial charge < -0.3 is 19.5 Å². The number of rotatable bonds is 6. The highest BCUT2D eigenvalue weighted by Crippen LogP contribution is 2.30. The largest absolute Gasteiger partial charge is 0.465 e. The van der Waals surface area contributed by atoms with E-state index in [1.807, 2.05) is 0 Å². The summed E-state index contributed by atoms with van der Waals surface area (Å²) in [4.78, 5) is 36.4. The molecule has 1 aliphatic heterocycles. The monoisotopic (exact) mass is 445 g/mol. The molecule has 1 heterocycles. The third-order valence-electron chi connectivity index (χ3n) is 4.48. The summed E-state index contributed by atoms with van der Waals surface area (Å²) in [7, 11) is 0. The third kappa shape index (κ3) is 7.15. The highest BCUT2D eigenvalue weighted by molar-refractivity contribution is 5.96. The SMILES string of the molecule is CCOC(=O)[C@@H]1C[C@@H]([C@H](Cc2ccc(C(F)(F)F)cc2)NC(=O)OC(C)(C)C)OC1=O. The van der Waals surface area contributed by atoms with Crippen LogP contribution in [0.25, 0.3) is 0 Å². The number of ether oxygens (including phenoxy) is 3. The number of carbonyl (C=O) groups is 3. The van der Waals surface area contributed by atoms with Crippen LogP contribution in [0.2, 0.25) is 0 Å². The molecule has 1 aromatic carbocycles. The summed E-state index contributed by atoms with van der Waals surface area (Å²) in [5.41, 5.74) is -1.12. The van der Waals surface area contributed by atoms with Crippen LogP contribution < -0.4 is 5.32 Å². The number of alkyl halides is 3. The molecular weight excluding hydrogens is 419 g/mol. The van der Waals surface area contributed by atoms with Crippen LogP contribution in [0.3, 0.4) is 0 Å². The maximum atomic E-state index is 12.8. The number of benzene rings is 1. The lowest BCUT2D eigenvalue weighted by Gasteiger charge is -2.26. The summed E-state index contributed by atoms with van der Waals surface area (Å²) in [5.74, 6) is -2.62. The third-order valence-corrected chi connectivity index (χ3v) is 4.48. The van der Waals surface area contributed by atoms with E-state index in [1.165, 1.54) is 12.1 Å². The van der Waals surface area contributed by atoms with Crippen molar-refractivity contribution < 1.29 is 41.8 Å². The average molecular weight is 445 g/mol. The molecule has 2 rings (SSSR count). The molecule has 1 aliphatic rings. The van der Waals surface area contributed by atoms with Gasteiger partial charge in [0.2, 0.25) is 0 Å². The number of carbonyl (C=O) groups excluding carboxylic acids is 3. The molecule has 7 nitrogen and oxygen atoms in total. The van der Waals surface area contributed by atoms with Gasteiger partial charge in [-0.2, -0.15) is 13.2 Å². The normalized spacial score (nSPS) is 20.0. The minimum atomic E-state index is -4.47. The van der Waals surface area contributed by atoms with Crippen LogP contribution >= 0.6 is 0 Å². The Morgan fingerprint density at radius 3 is 2.32 bits per heavy atom. The molecule has 0 bridgehead atoms. The predicted octanol–water partition coefficient (Wildman–Crippen LogP) is 3.64. The molecule has 1 saturated heterocycles. The van der Waals surface area contributed by atoms with Crippen LogP contribution in [-0.2, 0) is 36.4 Å². The molecule has 10 heteroatoms. The van der Waals surface area contributed by atoms with E-state index >= 15 is 0 Å². The van der Waals surface area contributed by atoms with Crippen molar-refractivity contribution in [3.8, 4) is 0 Å². The fourth-order valence-corrected chi connectivity index (χ4v) is 3.11. The molecule has 3 atom stereocenters. The fourth-order valence-electron chi connectivity index (χ4n) is 3.11. The van der Waals surface area contributed by atoms with Crippen molar-refractivity contribution >= 4 is 18.0 Å². The van der Waals surface area contributed by atoms with Gasteiger partial charge >= 0.3 is 24.2 Å². The topological polar surface area (TPSA) is 90.9 Å². The average Bonchev–Trinajstić information content (AvgIpc) is 3.01. The first-order valence-corrected chi connectivity index (χ1v) is 9.83. The van der Waals surface area contributed by atoms with Crippen LogP contribution in [0.5, 0.6) is 0 Å². The summed E-state index contributed by atoms with van der Waals surface area (Å²) in [6.45, 7) is 6.71. The minimum Gasteiger partial charge on any atom is -0.465 e. The van der Waals surface area contributed by atoms with Crippen LogP contribution in [0.15, 0.2) is 24.3 Å². The first-order valence-electron chi connectivity index (χ1n) is 9.83. The minimum absolute atomic E-state index is 0.0290. The molecule has 0 aliphatic carbocycles. The van der Waals surface area contributed by atoms with E-state index in [0.29, 0.717) is 5.56 Å². The molecule has 1 aromatic rings. The van der Waals surface area contributed by atoms with Crippen molar-refractivity contribution in [1.82, 2.24) is 5.32 Å². The van der Waals surface area contributed by atoms with Gasteiger partial charge in [-0.1, -0.05) is 12.1 Å². The molecular formula is C21H26F3NO6. The summed E-state index contributed by atoms with van der Waals surface area (Å²) >= 11 is 0. The van der Waals surface area contributed by atoms with E-state index in [-0.39, 0.29) is 19.4 Å². The van der Waals surface area contributed by atoms with E-state index in [0.717, 1.165) is 12.1 Å². The van der Waals surface area contributed by atoms with Crippen molar-refractivity contribution in [3.63, 3.8) is 0 Å². The van der Waals surface area contributed by atoms with Crippen molar-refractivity contribution in [2.45, 2.75) is 64.5 Å². The van der Waals surface area contributed by atoms with E-state index in [9.17, 15) is 27.6 Å². The number of nitrogens with one attached hydrogen (secondary N) is 1. The molecule has 31 heavy (non-hydrogen) atoms. The summed E-state index contributed by atoms with van der Waals surface area (Å²) < 4.78 is 53.8. The Morgan fingerprint density at radius 1 is 1.19 bits per heavy atom. The molecule has 1 fully saturated rings. The summed E-state index contributed by atoms with van der Waals surface area (Å²) in [6, 6.07) is 3.61. The highest BCUT2D eigenvalue weighted by Gasteiger charge is 2.44. The van der Waals surface area contributed by atoms with Gasteiger partial charge in [-0.15, -0.1) is 0 Å².